The Bertz CT molecular complexity index is 363. The van der Waals surface area contributed by atoms with Crippen molar-refractivity contribution in [3.05, 3.63) is 12.4 Å². The van der Waals surface area contributed by atoms with Crippen molar-refractivity contribution in [3.8, 4) is 0 Å². The van der Waals surface area contributed by atoms with E-state index in [2.05, 4.69) is 49.9 Å². The van der Waals surface area contributed by atoms with Gasteiger partial charge in [-0.15, -0.1) is 0 Å². The zero-order valence-electron chi connectivity index (χ0n) is 19.9. The highest BCUT2D eigenvalue weighted by Gasteiger charge is 2.28. The lowest BCUT2D eigenvalue weighted by molar-refractivity contribution is 0.104. The Labute approximate surface area is 178 Å². The fourth-order valence-corrected chi connectivity index (χ4v) is 4.57. The van der Waals surface area contributed by atoms with E-state index in [0.717, 1.165) is 0 Å². The van der Waals surface area contributed by atoms with E-state index in [1.54, 1.807) is 0 Å². The summed E-state index contributed by atoms with van der Waals surface area (Å²) in [5.74, 6) is 0.693. The lowest BCUT2D eigenvalue weighted by atomic mass is 10.0. The molecule has 0 aromatic carbocycles. The molecule has 0 aromatic heterocycles. The highest BCUT2D eigenvalue weighted by Crippen LogP contribution is 2.24. The highest BCUT2D eigenvalue weighted by atomic mass is 15.4. The molecule has 1 unspecified atom stereocenters. The molecule has 166 valence electrons. The van der Waals surface area contributed by atoms with Gasteiger partial charge in [-0.1, -0.05) is 118 Å². The molecule has 1 aliphatic rings. The van der Waals surface area contributed by atoms with Crippen molar-refractivity contribution in [3.63, 3.8) is 0 Å². The third-order valence-corrected chi connectivity index (χ3v) is 6.27. The van der Waals surface area contributed by atoms with Crippen LogP contribution in [0.5, 0.6) is 0 Å². The van der Waals surface area contributed by atoms with Crippen molar-refractivity contribution in [2.75, 3.05) is 13.1 Å². The van der Waals surface area contributed by atoms with Gasteiger partial charge in [0.1, 0.15) is 6.17 Å². The van der Waals surface area contributed by atoms with Crippen LogP contribution in [0.3, 0.4) is 0 Å². The molecule has 0 fully saturated rings. The van der Waals surface area contributed by atoms with Gasteiger partial charge in [-0.2, -0.15) is 0 Å². The topological polar surface area (TPSA) is 6.48 Å². The lowest BCUT2D eigenvalue weighted by Gasteiger charge is -2.36. The molecule has 0 aliphatic carbocycles. The molecular weight excluding hydrogens is 340 g/mol. The molecule has 1 aliphatic heterocycles. The smallest absolute Gasteiger partial charge is 0.103 e. The third-order valence-electron chi connectivity index (χ3n) is 6.27. The Morgan fingerprint density at radius 1 is 0.536 bits per heavy atom. The number of unbranched alkanes of at least 4 members (excludes halogenated alkanes) is 14. The van der Waals surface area contributed by atoms with Gasteiger partial charge >= 0.3 is 0 Å². The van der Waals surface area contributed by atoms with Crippen LogP contribution < -0.4 is 0 Å². The van der Waals surface area contributed by atoms with Crippen molar-refractivity contribution in [2.45, 2.75) is 137 Å². The summed E-state index contributed by atoms with van der Waals surface area (Å²) in [4.78, 5) is 5.21. The summed E-state index contributed by atoms with van der Waals surface area (Å²) in [6, 6.07) is 0. The van der Waals surface area contributed by atoms with Crippen molar-refractivity contribution in [2.24, 2.45) is 5.92 Å². The number of nitrogens with zero attached hydrogens (tertiary/aromatic N) is 2. The molecule has 0 saturated carbocycles. The normalized spacial score (nSPS) is 16.7. The predicted molar refractivity (Wildman–Crippen MR) is 126 cm³/mol. The fourth-order valence-electron chi connectivity index (χ4n) is 4.57. The van der Waals surface area contributed by atoms with E-state index >= 15 is 0 Å². The first-order chi connectivity index (χ1) is 13.7. The van der Waals surface area contributed by atoms with Gasteiger partial charge in [0.05, 0.1) is 0 Å². The molecule has 0 amide bonds. The van der Waals surface area contributed by atoms with Crippen LogP contribution in [-0.4, -0.2) is 29.1 Å². The van der Waals surface area contributed by atoms with Gasteiger partial charge < -0.3 is 9.80 Å². The van der Waals surface area contributed by atoms with Crippen LogP contribution in [0.2, 0.25) is 0 Å². The lowest BCUT2D eigenvalue weighted by Crippen LogP contribution is -2.43. The average Bonchev–Trinajstić information content (AvgIpc) is 3.09. The fraction of sp³-hybridized carbons (Fsp3) is 0.923. The summed E-state index contributed by atoms with van der Waals surface area (Å²) in [5.41, 5.74) is 0. The van der Waals surface area contributed by atoms with Crippen molar-refractivity contribution >= 4 is 0 Å². The molecule has 28 heavy (non-hydrogen) atoms. The second-order valence-electron chi connectivity index (χ2n) is 9.38. The van der Waals surface area contributed by atoms with Gasteiger partial charge in [0.15, 0.2) is 0 Å². The number of hydrogen-bond acceptors (Lipinski definition) is 2. The molecule has 2 heteroatoms. The van der Waals surface area contributed by atoms with Gasteiger partial charge in [-0.25, -0.2) is 0 Å². The zero-order valence-corrected chi connectivity index (χ0v) is 19.9. The Morgan fingerprint density at radius 3 is 1.21 bits per heavy atom. The van der Waals surface area contributed by atoms with E-state index in [-0.39, 0.29) is 0 Å². The first-order valence-corrected chi connectivity index (χ1v) is 12.9. The summed E-state index contributed by atoms with van der Waals surface area (Å²) in [7, 11) is 0. The van der Waals surface area contributed by atoms with Gasteiger partial charge in [-0.3, -0.25) is 0 Å². The maximum Gasteiger partial charge on any atom is 0.103 e. The van der Waals surface area contributed by atoms with Crippen LogP contribution in [0.1, 0.15) is 130 Å². The van der Waals surface area contributed by atoms with Gasteiger partial charge in [0.2, 0.25) is 0 Å². The Morgan fingerprint density at radius 2 is 0.857 bits per heavy atom. The molecule has 0 aromatic rings. The van der Waals surface area contributed by atoms with Gasteiger partial charge in [0.25, 0.3) is 0 Å². The van der Waals surface area contributed by atoms with E-state index in [1.165, 1.54) is 116 Å². The molecule has 0 bridgehead atoms. The van der Waals surface area contributed by atoms with Gasteiger partial charge in [0, 0.05) is 25.5 Å². The Kier molecular flexibility index (Phi) is 15.6. The SMILES string of the molecule is CCCCCCCCCCCCCCN1C=CN(CCCCCC)C1C(C)C. The second kappa shape index (κ2) is 17.2. The Balaban J connectivity index is 2.04. The van der Waals surface area contributed by atoms with Gasteiger partial charge in [-0.05, 0) is 18.8 Å². The molecule has 2 nitrogen and oxygen atoms in total. The minimum Gasteiger partial charge on any atom is -0.356 e. The molecular formula is C26H52N2. The minimum atomic E-state index is 0.592. The van der Waals surface area contributed by atoms with E-state index < -0.39 is 0 Å². The molecule has 0 spiro atoms. The van der Waals surface area contributed by atoms with Crippen LogP contribution in [-0.2, 0) is 0 Å². The Hall–Kier alpha value is -0.660. The molecule has 0 saturated heterocycles. The van der Waals surface area contributed by atoms with Crippen LogP contribution in [0.4, 0.5) is 0 Å². The first kappa shape index (κ1) is 25.4. The summed E-state index contributed by atoms with van der Waals surface area (Å²) < 4.78 is 0. The quantitative estimate of drug-likeness (QED) is 0.204. The second-order valence-corrected chi connectivity index (χ2v) is 9.38. The minimum absolute atomic E-state index is 0.592. The van der Waals surface area contributed by atoms with Crippen molar-refractivity contribution < 1.29 is 0 Å². The summed E-state index contributed by atoms with van der Waals surface area (Å²) >= 11 is 0. The maximum absolute atomic E-state index is 2.61. The summed E-state index contributed by atoms with van der Waals surface area (Å²) in [6.07, 6.45) is 27.9. The highest BCUT2D eigenvalue weighted by molar-refractivity contribution is 4.98. The largest absolute Gasteiger partial charge is 0.356 e. The van der Waals surface area contributed by atoms with Crippen LogP contribution >= 0.6 is 0 Å². The van der Waals surface area contributed by atoms with Crippen LogP contribution in [0.25, 0.3) is 0 Å². The zero-order chi connectivity index (χ0) is 20.5. The summed E-state index contributed by atoms with van der Waals surface area (Å²) in [5, 5.41) is 0. The maximum atomic E-state index is 2.61. The summed E-state index contributed by atoms with van der Waals surface area (Å²) in [6.45, 7) is 11.8. The van der Waals surface area contributed by atoms with E-state index in [9.17, 15) is 0 Å². The number of hydrogen-bond donors (Lipinski definition) is 0. The van der Waals surface area contributed by atoms with Crippen LogP contribution in [0.15, 0.2) is 12.4 Å². The molecule has 0 radical (unpaired) electrons. The first-order valence-electron chi connectivity index (χ1n) is 12.9. The molecule has 0 N–H and O–H groups in total. The molecule has 1 heterocycles. The molecule has 1 atom stereocenters. The average molecular weight is 393 g/mol. The molecule has 1 rings (SSSR count). The van der Waals surface area contributed by atoms with E-state index in [1.807, 2.05) is 0 Å². The third kappa shape index (κ3) is 11.4. The van der Waals surface area contributed by atoms with E-state index in [4.69, 9.17) is 0 Å². The standard InChI is InChI=1S/C26H52N2/c1-5-7-9-11-12-13-14-15-16-17-18-20-22-28-24-23-27(26(28)25(3)4)21-19-10-8-6-2/h23-26H,5-22H2,1-4H3. The van der Waals surface area contributed by atoms with E-state index in [0.29, 0.717) is 12.1 Å². The monoisotopic (exact) mass is 392 g/mol. The predicted octanol–water partition coefficient (Wildman–Crippen LogP) is 8.34. The number of rotatable bonds is 19. The van der Waals surface area contributed by atoms with Crippen LogP contribution in [0, 0.1) is 5.92 Å². The van der Waals surface area contributed by atoms with Crippen molar-refractivity contribution in [1.82, 2.24) is 9.80 Å². The van der Waals surface area contributed by atoms with Crippen molar-refractivity contribution in [1.29, 1.82) is 0 Å².